The number of fused-ring (bicyclic) bond motifs is 1. The molecule has 0 saturated carbocycles. The van der Waals surface area contributed by atoms with Crippen molar-refractivity contribution in [3.8, 4) is 5.75 Å². The van der Waals surface area contributed by atoms with E-state index >= 15 is 0 Å². The smallest absolute Gasteiger partial charge is 0.410 e. The van der Waals surface area contributed by atoms with Gasteiger partial charge in [0.05, 0.1) is 11.0 Å². The number of carbonyl (C=O) groups is 2. The zero-order chi connectivity index (χ0) is 24.7. The Balaban J connectivity index is 1.89. The van der Waals surface area contributed by atoms with Crippen LogP contribution in [-0.4, -0.2) is 46.1 Å². The zero-order valence-electron chi connectivity index (χ0n) is 20.9. The molecule has 7 heteroatoms. The topological polar surface area (TPSA) is 76.5 Å². The highest BCUT2D eigenvalue weighted by Gasteiger charge is 2.17. The Morgan fingerprint density at radius 2 is 1.76 bits per heavy atom. The number of ether oxygens (including phenoxy) is 1. The number of aromatic nitrogens is 2. The number of nitrogens with zero attached hydrogens (tertiary/aromatic N) is 3. The molecule has 3 aromatic rings. The van der Waals surface area contributed by atoms with Gasteiger partial charge in [-0.2, -0.15) is 0 Å². The molecule has 182 valence electrons. The maximum absolute atomic E-state index is 12.8. The van der Waals surface area contributed by atoms with E-state index in [1.54, 1.807) is 12.1 Å². The average molecular weight is 465 g/mol. The fourth-order valence-electron chi connectivity index (χ4n) is 3.92. The second-order valence-corrected chi connectivity index (χ2v) is 8.78. The third-order valence-corrected chi connectivity index (χ3v) is 5.87. The molecule has 1 N–H and O–H groups in total. The van der Waals surface area contributed by atoms with Gasteiger partial charge in [0.2, 0.25) is 0 Å². The second kappa shape index (κ2) is 11.7. The number of nitrogens with one attached hydrogen (secondary N) is 1. The third kappa shape index (κ3) is 6.16. The van der Waals surface area contributed by atoms with E-state index in [0.717, 1.165) is 35.4 Å². The summed E-state index contributed by atoms with van der Waals surface area (Å²) in [5.41, 5.74) is 3.63. The van der Waals surface area contributed by atoms with Gasteiger partial charge in [-0.05, 0) is 69.0 Å². The number of hydrogen-bond acceptors (Lipinski definition) is 4. The van der Waals surface area contributed by atoms with Crippen LogP contribution >= 0.6 is 0 Å². The first-order valence-corrected chi connectivity index (χ1v) is 12.2. The van der Waals surface area contributed by atoms with Crippen molar-refractivity contribution in [1.29, 1.82) is 0 Å². The Morgan fingerprint density at radius 1 is 1.06 bits per heavy atom. The SMILES string of the molecule is CCNC(=O)Oc1ccc(Cc2nc3cc(C(=O)N(CC)CC)ccc3n2CCC(C)C)cc1. The van der Waals surface area contributed by atoms with Crippen LogP contribution in [0.5, 0.6) is 5.75 Å². The predicted octanol–water partition coefficient (Wildman–Crippen LogP) is 5.26. The van der Waals surface area contributed by atoms with E-state index in [9.17, 15) is 9.59 Å². The second-order valence-electron chi connectivity index (χ2n) is 8.78. The molecule has 0 bridgehead atoms. The molecule has 2 aromatic carbocycles. The lowest BCUT2D eigenvalue weighted by Crippen LogP contribution is -2.30. The summed E-state index contributed by atoms with van der Waals surface area (Å²) in [6.07, 6.45) is 1.23. The van der Waals surface area contributed by atoms with Gasteiger partial charge in [0.15, 0.2) is 0 Å². The molecule has 7 nitrogen and oxygen atoms in total. The highest BCUT2D eigenvalue weighted by Crippen LogP contribution is 2.23. The van der Waals surface area contributed by atoms with Crippen molar-refractivity contribution >= 4 is 23.0 Å². The molecule has 0 atom stereocenters. The molecular formula is C27H36N4O3. The maximum Gasteiger partial charge on any atom is 0.412 e. The fourth-order valence-corrected chi connectivity index (χ4v) is 3.92. The van der Waals surface area contributed by atoms with Crippen LogP contribution in [0.1, 0.15) is 62.8 Å². The summed E-state index contributed by atoms with van der Waals surface area (Å²) < 4.78 is 7.53. The Labute approximate surface area is 202 Å². The number of hydrogen-bond donors (Lipinski definition) is 1. The molecule has 34 heavy (non-hydrogen) atoms. The van der Waals surface area contributed by atoms with Crippen molar-refractivity contribution in [2.75, 3.05) is 19.6 Å². The summed E-state index contributed by atoms with van der Waals surface area (Å²) in [5.74, 6) is 2.07. The highest BCUT2D eigenvalue weighted by atomic mass is 16.6. The van der Waals surface area contributed by atoms with Crippen LogP contribution in [0.4, 0.5) is 4.79 Å². The molecule has 1 heterocycles. The molecule has 0 saturated heterocycles. The fraction of sp³-hybridized carbons (Fsp3) is 0.444. The Kier molecular flexibility index (Phi) is 8.68. The number of amides is 2. The van der Waals surface area contributed by atoms with Gasteiger partial charge in [-0.3, -0.25) is 4.79 Å². The van der Waals surface area contributed by atoms with Crippen molar-refractivity contribution in [2.24, 2.45) is 5.92 Å². The van der Waals surface area contributed by atoms with Crippen LogP contribution < -0.4 is 10.1 Å². The molecular weight excluding hydrogens is 428 g/mol. The van der Waals surface area contributed by atoms with E-state index in [4.69, 9.17) is 9.72 Å². The molecule has 1 aromatic heterocycles. The summed E-state index contributed by atoms with van der Waals surface area (Å²) in [5, 5.41) is 2.62. The van der Waals surface area contributed by atoms with Crippen molar-refractivity contribution in [3.63, 3.8) is 0 Å². The average Bonchev–Trinajstić information content (AvgIpc) is 3.15. The van der Waals surface area contributed by atoms with E-state index < -0.39 is 6.09 Å². The van der Waals surface area contributed by atoms with Gasteiger partial charge in [0.1, 0.15) is 11.6 Å². The van der Waals surface area contributed by atoms with Crippen molar-refractivity contribution in [3.05, 3.63) is 59.4 Å². The van der Waals surface area contributed by atoms with E-state index in [1.165, 1.54) is 0 Å². The van der Waals surface area contributed by atoms with Crippen LogP contribution in [0.25, 0.3) is 11.0 Å². The Hall–Kier alpha value is -3.35. The minimum absolute atomic E-state index is 0.0351. The number of imidazole rings is 1. The van der Waals surface area contributed by atoms with Gasteiger partial charge >= 0.3 is 6.09 Å². The van der Waals surface area contributed by atoms with Crippen molar-refractivity contribution in [2.45, 2.75) is 54.0 Å². The maximum atomic E-state index is 12.8. The standard InChI is InChI=1S/C27H36N4O3/c1-6-28-27(33)34-22-12-9-20(10-13-22)17-25-29-23-18-21(26(32)30(7-2)8-3)11-14-24(23)31(25)16-15-19(4)5/h9-14,18-19H,6-8,15-17H2,1-5H3,(H,28,33). The zero-order valence-corrected chi connectivity index (χ0v) is 20.9. The summed E-state index contributed by atoms with van der Waals surface area (Å²) in [6.45, 7) is 13.0. The molecule has 3 rings (SSSR count). The predicted molar refractivity (Wildman–Crippen MR) is 135 cm³/mol. The van der Waals surface area contributed by atoms with Gasteiger partial charge < -0.3 is 19.5 Å². The first-order valence-electron chi connectivity index (χ1n) is 12.2. The summed E-state index contributed by atoms with van der Waals surface area (Å²) >= 11 is 0. The Bertz CT molecular complexity index is 1110. The minimum atomic E-state index is -0.458. The molecule has 0 unspecified atom stereocenters. The van der Waals surface area contributed by atoms with Crippen LogP contribution in [0.2, 0.25) is 0 Å². The van der Waals surface area contributed by atoms with E-state index in [-0.39, 0.29) is 5.91 Å². The summed E-state index contributed by atoms with van der Waals surface area (Å²) in [4.78, 5) is 31.2. The molecule has 0 aliphatic rings. The van der Waals surface area contributed by atoms with Gasteiger partial charge in [-0.1, -0.05) is 26.0 Å². The van der Waals surface area contributed by atoms with Crippen LogP contribution in [0.3, 0.4) is 0 Å². The summed E-state index contributed by atoms with van der Waals surface area (Å²) in [6, 6.07) is 13.3. The molecule has 0 aliphatic heterocycles. The molecule has 2 amide bonds. The Morgan fingerprint density at radius 3 is 2.38 bits per heavy atom. The molecule has 0 fully saturated rings. The van der Waals surface area contributed by atoms with E-state index in [1.807, 2.05) is 56.0 Å². The minimum Gasteiger partial charge on any atom is -0.410 e. The lowest BCUT2D eigenvalue weighted by atomic mass is 10.1. The van der Waals surface area contributed by atoms with Crippen LogP contribution in [0.15, 0.2) is 42.5 Å². The largest absolute Gasteiger partial charge is 0.412 e. The summed E-state index contributed by atoms with van der Waals surface area (Å²) in [7, 11) is 0. The van der Waals surface area contributed by atoms with Crippen molar-refractivity contribution < 1.29 is 14.3 Å². The van der Waals surface area contributed by atoms with E-state index in [0.29, 0.717) is 43.3 Å². The first-order chi connectivity index (χ1) is 16.4. The van der Waals surface area contributed by atoms with Crippen molar-refractivity contribution in [1.82, 2.24) is 19.8 Å². The normalized spacial score (nSPS) is 11.1. The highest BCUT2D eigenvalue weighted by molar-refractivity contribution is 5.97. The lowest BCUT2D eigenvalue weighted by molar-refractivity contribution is 0.0773. The van der Waals surface area contributed by atoms with Gasteiger partial charge in [0, 0.05) is 38.2 Å². The lowest BCUT2D eigenvalue weighted by Gasteiger charge is -2.18. The first kappa shape index (κ1) is 25.3. The van der Waals surface area contributed by atoms with Crippen LogP contribution in [-0.2, 0) is 13.0 Å². The monoisotopic (exact) mass is 464 g/mol. The van der Waals surface area contributed by atoms with Gasteiger partial charge in [-0.25, -0.2) is 9.78 Å². The number of carbonyl (C=O) groups excluding carboxylic acids is 2. The number of rotatable bonds is 10. The van der Waals surface area contributed by atoms with Crippen LogP contribution in [0, 0.1) is 5.92 Å². The van der Waals surface area contributed by atoms with Gasteiger partial charge in [0.25, 0.3) is 5.91 Å². The number of aryl methyl sites for hydroxylation is 1. The molecule has 0 aliphatic carbocycles. The number of benzene rings is 2. The van der Waals surface area contributed by atoms with Gasteiger partial charge in [-0.15, -0.1) is 0 Å². The third-order valence-electron chi connectivity index (χ3n) is 5.87. The molecule has 0 spiro atoms. The quantitative estimate of drug-likeness (QED) is 0.444. The molecule has 0 radical (unpaired) electrons. The van der Waals surface area contributed by atoms with E-state index in [2.05, 4.69) is 23.7 Å².